The van der Waals surface area contributed by atoms with Gasteiger partial charge in [0.05, 0.1) is 4.92 Å². The molecule has 29 heavy (non-hydrogen) atoms. The van der Waals surface area contributed by atoms with Crippen molar-refractivity contribution in [3.63, 3.8) is 0 Å². The molecule has 8 heteroatoms. The molecule has 1 aliphatic heterocycles. The number of carbonyl (C=O) groups is 2. The highest BCUT2D eigenvalue weighted by Gasteiger charge is 2.29. The fourth-order valence-corrected chi connectivity index (χ4v) is 3.85. The first-order valence-corrected chi connectivity index (χ1v) is 9.97. The molecule has 0 saturated carbocycles. The molecule has 160 valence electrons. The van der Waals surface area contributed by atoms with E-state index in [9.17, 15) is 19.7 Å². The van der Waals surface area contributed by atoms with Crippen LogP contribution in [0, 0.1) is 28.4 Å². The highest BCUT2D eigenvalue weighted by atomic mass is 16.6. The molecule has 0 aromatic heterocycles. The summed E-state index contributed by atoms with van der Waals surface area (Å²) in [5, 5.41) is 14.2. The summed E-state index contributed by atoms with van der Waals surface area (Å²) < 4.78 is 0. The molecule has 2 rings (SSSR count). The van der Waals surface area contributed by atoms with Crippen LogP contribution < -0.4 is 5.32 Å². The zero-order chi connectivity index (χ0) is 21.8. The third-order valence-electron chi connectivity index (χ3n) is 5.29. The highest BCUT2D eigenvalue weighted by molar-refractivity contribution is 5.95. The highest BCUT2D eigenvalue weighted by Crippen LogP contribution is 2.23. The Hall–Kier alpha value is -2.48. The summed E-state index contributed by atoms with van der Waals surface area (Å²) in [6.07, 6.45) is 1.19. The molecule has 0 aliphatic carbocycles. The predicted octanol–water partition coefficient (Wildman–Crippen LogP) is 2.46. The number of aryl methyl sites for hydroxylation is 1. The van der Waals surface area contributed by atoms with Crippen molar-refractivity contribution in [1.82, 2.24) is 15.1 Å². The van der Waals surface area contributed by atoms with E-state index in [0.29, 0.717) is 43.6 Å². The predicted molar refractivity (Wildman–Crippen MR) is 112 cm³/mol. The van der Waals surface area contributed by atoms with Gasteiger partial charge in [0.25, 0.3) is 11.6 Å². The van der Waals surface area contributed by atoms with Crippen molar-refractivity contribution in [2.24, 2.45) is 11.3 Å². The summed E-state index contributed by atoms with van der Waals surface area (Å²) in [7, 11) is 4.03. The van der Waals surface area contributed by atoms with E-state index in [1.165, 1.54) is 6.07 Å². The number of carbonyl (C=O) groups excluding carboxylic acids is 2. The zero-order valence-electron chi connectivity index (χ0n) is 18.0. The number of hydrogen-bond donors (Lipinski definition) is 1. The van der Waals surface area contributed by atoms with Crippen LogP contribution in [-0.2, 0) is 4.79 Å². The van der Waals surface area contributed by atoms with Gasteiger partial charge in [-0.1, -0.05) is 19.9 Å². The summed E-state index contributed by atoms with van der Waals surface area (Å²) >= 11 is 0. The third kappa shape index (κ3) is 6.25. The normalized spacial score (nSPS) is 15.4. The number of likely N-dealkylation sites (tertiary alicyclic amines) is 1. The van der Waals surface area contributed by atoms with Gasteiger partial charge in [-0.05, 0) is 45.3 Å². The molecule has 2 amide bonds. The van der Waals surface area contributed by atoms with E-state index in [4.69, 9.17) is 0 Å². The lowest BCUT2D eigenvalue weighted by molar-refractivity contribution is -0.385. The van der Waals surface area contributed by atoms with Crippen LogP contribution in [0.5, 0.6) is 0 Å². The Labute approximate surface area is 172 Å². The smallest absolute Gasteiger partial charge is 0.273 e. The van der Waals surface area contributed by atoms with Crippen LogP contribution in [0.2, 0.25) is 0 Å². The number of piperidine rings is 1. The molecular formula is C21H32N4O4. The Morgan fingerprint density at radius 2 is 1.90 bits per heavy atom. The number of nitrogens with one attached hydrogen (secondary N) is 1. The molecule has 0 spiro atoms. The van der Waals surface area contributed by atoms with Crippen molar-refractivity contribution >= 4 is 17.5 Å². The van der Waals surface area contributed by atoms with Crippen molar-refractivity contribution in [1.29, 1.82) is 0 Å². The van der Waals surface area contributed by atoms with E-state index < -0.39 is 4.92 Å². The Morgan fingerprint density at radius 1 is 1.28 bits per heavy atom. The average molecular weight is 405 g/mol. The number of rotatable bonds is 7. The molecule has 8 nitrogen and oxygen atoms in total. The van der Waals surface area contributed by atoms with Gasteiger partial charge in [-0.25, -0.2) is 0 Å². The molecule has 0 radical (unpaired) electrons. The first-order chi connectivity index (χ1) is 13.5. The number of benzene rings is 1. The lowest BCUT2D eigenvalue weighted by Crippen LogP contribution is -2.46. The number of amides is 2. The summed E-state index contributed by atoms with van der Waals surface area (Å²) in [6.45, 7) is 8.32. The van der Waals surface area contributed by atoms with Gasteiger partial charge >= 0.3 is 0 Å². The Bertz CT molecular complexity index is 768. The van der Waals surface area contributed by atoms with Crippen LogP contribution in [-0.4, -0.2) is 66.8 Å². The molecule has 1 fully saturated rings. The topological polar surface area (TPSA) is 95.8 Å². The van der Waals surface area contributed by atoms with Crippen LogP contribution in [0.15, 0.2) is 18.2 Å². The van der Waals surface area contributed by atoms with Crippen LogP contribution in [0.1, 0.15) is 42.6 Å². The first-order valence-electron chi connectivity index (χ1n) is 9.97. The van der Waals surface area contributed by atoms with E-state index in [2.05, 4.69) is 24.1 Å². The molecule has 0 bridgehead atoms. The van der Waals surface area contributed by atoms with Crippen molar-refractivity contribution in [3.8, 4) is 0 Å². The van der Waals surface area contributed by atoms with Crippen LogP contribution in [0.3, 0.4) is 0 Å². The molecule has 0 atom stereocenters. The summed E-state index contributed by atoms with van der Waals surface area (Å²) in [5.41, 5.74) is 0.774. The fraction of sp³-hybridized carbons (Fsp3) is 0.619. The quantitative estimate of drug-likeness (QED) is 0.556. The lowest BCUT2D eigenvalue weighted by atomic mass is 9.91. The Kier molecular flexibility index (Phi) is 7.35. The largest absolute Gasteiger partial charge is 0.355 e. The van der Waals surface area contributed by atoms with Gasteiger partial charge in [-0.3, -0.25) is 19.7 Å². The van der Waals surface area contributed by atoms with E-state index in [0.717, 1.165) is 6.54 Å². The van der Waals surface area contributed by atoms with Gasteiger partial charge in [0, 0.05) is 49.3 Å². The van der Waals surface area contributed by atoms with E-state index in [1.54, 1.807) is 24.0 Å². The maximum Gasteiger partial charge on any atom is 0.273 e. The number of nitro groups is 1. The molecule has 1 aromatic rings. The monoisotopic (exact) mass is 404 g/mol. The molecule has 1 N–H and O–H groups in total. The standard InChI is InChI=1S/C21H32N4O4/c1-15-6-7-17(12-18(15)25(28)29)20(27)24-10-8-16(9-11-24)19(26)22-13-21(2,3)14-23(4)5/h6-7,12,16H,8-11,13-14H2,1-5H3,(H,22,26). The third-order valence-corrected chi connectivity index (χ3v) is 5.29. The van der Waals surface area contributed by atoms with Crippen molar-refractivity contribution in [3.05, 3.63) is 39.4 Å². The molecule has 1 heterocycles. The second-order valence-electron chi connectivity index (χ2n) is 8.94. The number of nitrogens with zero attached hydrogens (tertiary/aromatic N) is 3. The average Bonchev–Trinajstić information content (AvgIpc) is 2.65. The number of nitro benzene ring substituents is 1. The molecule has 0 unspecified atom stereocenters. The van der Waals surface area contributed by atoms with Crippen LogP contribution >= 0.6 is 0 Å². The van der Waals surface area contributed by atoms with Crippen LogP contribution in [0.25, 0.3) is 0 Å². The van der Waals surface area contributed by atoms with Gasteiger partial charge in [0.2, 0.25) is 5.91 Å². The molecule has 1 aromatic carbocycles. The van der Waals surface area contributed by atoms with Crippen LogP contribution in [0.4, 0.5) is 5.69 Å². The van der Waals surface area contributed by atoms with Gasteiger partial charge < -0.3 is 15.1 Å². The van der Waals surface area contributed by atoms with Crippen molar-refractivity contribution < 1.29 is 14.5 Å². The fourth-order valence-electron chi connectivity index (χ4n) is 3.85. The maximum absolute atomic E-state index is 12.7. The minimum absolute atomic E-state index is 0.0179. The summed E-state index contributed by atoms with van der Waals surface area (Å²) in [5.74, 6) is -0.296. The second kappa shape index (κ2) is 9.35. The van der Waals surface area contributed by atoms with Gasteiger partial charge in [0.15, 0.2) is 0 Å². The summed E-state index contributed by atoms with van der Waals surface area (Å²) in [4.78, 5) is 39.7. The molecule has 1 aliphatic rings. The maximum atomic E-state index is 12.7. The van der Waals surface area contributed by atoms with Gasteiger partial charge in [-0.15, -0.1) is 0 Å². The first kappa shape index (κ1) is 22.8. The van der Waals surface area contributed by atoms with E-state index in [1.807, 2.05) is 14.1 Å². The van der Waals surface area contributed by atoms with E-state index in [-0.39, 0.29) is 28.8 Å². The SMILES string of the molecule is Cc1ccc(C(=O)N2CCC(C(=O)NCC(C)(C)CN(C)C)CC2)cc1[N+](=O)[O-]. The van der Waals surface area contributed by atoms with Gasteiger partial charge in [0.1, 0.15) is 0 Å². The molecular weight excluding hydrogens is 372 g/mol. The minimum atomic E-state index is -0.472. The minimum Gasteiger partial charge on any atom is -0.355 e. The van der Waals surface area contributed by atoms with Crippen molar-refractivity contribution in [2.45, 2.75) is 33.6 Å². The van der Waals surface area contributed by atoms with Gasteiger partial charge in [-0.2, -0.15) is 0 Å². The number of hydrogen-bond acceptors (Lipinski definition) is 5. The molecule has 1 saturated heterocycles. The Balaban J connectivity index is 1.90. The van der Waals surface area contributed by atoms with Crippen molar-refractivity contribution in [2.75, 3.05) is 40.3 Å². The van der Waals surface area contributed by atoms with E-state index >= 15 is 0 Å². The second-order valence-corrected chi connectivity index (χ2v) is 8.94. The summed E-state index contributed by atoms with van der Waals surface area (Å²) in [6, 6.07) is 4.56. The zero-order valence-corrected chi connectivity index (χ0v) is 18.0. The Morgan fingerprint density at radius 3 is 2.45 bits per heavy atom. The lowest BCUT2D eigenvalue weighted by Gasteiger charge is -2.33.